The second kappa shape index (κ2) is 9.78. The molecule has 2 saturated heterocycles. The maximum atomic E-state index is 9.69. The van der Waals surface area contributed by atoms with E-state index in [1.165, 1.54) is 10.7 Å². The number of rotatable bonds is 7. The number of imidazole rings is 1. The minimum atomic E-state index is 0.233. The van der Waals surface area contributed by atoms with Crippen molar-refractivity contribution in [3.8, 4) is 12.1 Å². The number of hydrogen-bond donors (Lipinski definition) is 2. The van der Waals surface area contributed by atoms with Crippen molar-refractivity contribution < 1.29 is 4.74 Å². The van der Waals surface area contributed by atoms with Gasteiger partial charge in [0.15, 0.2) is 17.2 Å². The summed E-state index contributed by atoms with van der Waals surface area (Å²) in [4.78, 5) is 13.5. The Hall–Kier alpha value is -3.64. The highest BCUT2D eigenvalue weighted by atomic mass is 35.5. The lowest BCUT2D eigenvalue weighted by molar-refractivity contribution is -0.115. The lowest BCUT2D eigenvalue weighted by Crippen LogP contribution is -2.54. The van der Waals surface area contributed by atoms with Crippen molar-refractivity contribution in [3.63, 3.8) is 0 Å². The van der Waals surface area contributed by atoms with Crippen molar-refractivity contribution >= 4 is 40.4 Å². The summed E-state index contributed by atoms with van der Waals surface area (Å²) < 4.78 is 6.83. The second-order valence-electron chi connectivity index (χ2n) is 9.47. The van der Waals surface area contributed by atoms with Crippen molar-refractivity contribution in [2.45, 2.75) is 13.8 Å². The maximum Gasteiger partial charge on any atom is 0.247 e. The number of nitriles is 2. The number of benzene rings is 1. The van der Waals surface area contributed by atoms with Gasteiger partial charge >= 0.3 is 0 Å². The number of fused-ring (bicyclic) bond motifs is 1. The first-order valence-corrected chi connectivity index (χ1v) is 12.3. The molecular formula is C24H27ClN10O. The van der Waals surface area contributed by atoms with Gasteiger partial charge in [0.2, 0.25) is 5.95 Å². The zero-order valence-corrected chi connectivity index (χ0v) is 21.0. The molecule has 0 bridgehead atoms. The molecule has 2 fully saturated rings. The summed E-state index contributed by atoms with van der Waals surface area (Å²) >= 11 is 6.87. The van der Waals surface area contributed by atoms with Crippen LogP contribution in [0.4, 0.5) is 23.1 Å². The van der Waals surface area contributed by atoms with E-state index < -0.39 is 0 Å². The number of halogens is 1. The van der Waals surface area contributed by atoms with Gasteiger partial charge in [-0.2, -0.15) is 20.0 Å². The summed E-state index contributed by atoms with van der Waals surface area (Å²) in [5, 5.41) is 30.4. The second-order valence-corrected chi connectivity index (χ2v) is 9.84. The van der Waals surface area contributed by atoms with Gasteiger partial charge in [-0.3, -0.25) is 4.90 Å². The molecule has 0 atom stereocenters. The van der Waals surface area contributed by atoms with Gasteiger partial charge in [0.25, 0.3) is 0 Å². The van der Waals surface area contributed by atoms with Gasteiger partial charge in [-0.25, -0.2) is 4.98 Å². The molecule has 1 aromatic carbocycles. The van der Waals surface area contributed by atoms with Gasteiger partial charge in [-0.05, 0) is 19.1 Å². The minimum Gasteiger partial charge on any atom is -0.380 e. The number of aromatic nitrogens is 4. The van der Waals surface area contributed by atoms with Crippen LogP contribution in [0.25, 0.3) is 5.65 Å². The maximum absolute atomic E-state index is 9.69. The molecule has 0 saturated carbocycles. The number of nitrogens with one attached hydrogen (secondary N) is 2. The largest absolute Gasteiger partial charge is 0.380 e. The Labute approximate surface area is 214 Å². The molecule has 5 rings (SSSR count). The highest BCUT2D eigenvalue weighted by molar-refractivity contribution is 6.36. The summed E-state index contributed by atoms with van der Waals surface area (Å²) in [7, 11) is 0. The monoisotopic (exact) mass is 506 g/mol. The van der Waals surface area contributed by atoms with Gasteiger partial charge in [0.05, 0.1) is 47.4 Å². The van der Waals surface area contributed by atoms with Crippen LogP contribution in [0, 0.1) is 28.1 Å². The molecule has 2 aliphatic heterocycles. The van der Waals surface area contributed by atoms with E-state index in [2.05, 4.69) is 54.6 Å². The molecule has 0 amide bonds. The average Bonchev–Trinajstić information content (AvgIpc) is 3.28. The van der Waals surface area contributed by atoms with E-state index in [0.717, 1.165) is 51.6 Å². The van der Waals surface area contributed by atoms with Crippen molar-refractivity contribution in [1.82, 2.24) is 24.5 Å². The quantitative estimate of drug-likeness (QED) is 0.493. The summed E-state index contributed by atoms with van der Waals surface area (Å²) in [5.74, 6) is 0.725. The van der Waals surface area contributed by atoms with Crippen LogP contribution in [0.15, 0.2) is 18.3 Å². The Morgan fingerprint density at radius 2 is 1.94 bits per heavy atom. The predicted molar refractivity (Wildman–Crippen MR) is 137 cm³/mol. The Kier molecular flexibility index (Phi) is 6.54. The Bertz CT molecular complexity index is 1360. The van der Waals surface area contributed by atoms with Crippen LogP contribution in [0.3, 0.4) is 0 Å². The first kappa shape index (κ1) is 24.1. The van der Waals surface area contributed by atoms with E-state index in [4.69, 9.17) is 16.3 Å². The van der Waals surface area contributed by atoms with Crippen LogP contribution in [-0.2, 0) is 4.74 Å². The van der Waals surface area contributed by atoms with Crippen molar-refractivity contribution in [1.29, 1.82) is 10.5 Å². The molecule has 4 heterocycles. The third-order valence-electron chi connectivity index (χ3n) is 6.47. The minimum absolute atomic E-state index is 0.233. The fraction of sp³-hybridized carbons (Fsp3) is 0.458. The molecule has 0 spiro atoms. The number of anilines is 4. The first-order valence-electron chi connectivity index (χ1n) is 11.9. The fourth-order valence-electron chi connectivity index (χ4n) is 4.64. The molecule has 0 unspecified atom stereocenters. The van der Waals surface area contributed by atoms with E-state index in [1.807, 2.05) is 13.0 Å². The first-order chi connectivity index (χ1) is 17.4. The molecule has 3 aromatic rings. The molecule has 2 aliphatic rings. The zero-order chi connectivity index (χ0) is 25.3. The number of nitrogens with zero attached hydrogens (tertiary/aromatic N) is 8. The van der Waals surface area contributed by atoms with Crippen LogP contribution in [0.5, 0.6) is 0 Å². The summed E-state index contributed by atoms with van der Waals surface area (Å²) in [6.07, 6.45) is 1.45. The molecule has 11 nitrogen and oxygen atoms in total. The average molecular weight is 507 g/mol. The van der Waals surface area contributed by atoms with Gasteiger partial charge in [0.1, 0.15) is 6.07 Å². The highest BCUT2D eigenvalue weighted by Crippen LogP contribution is 2.37. The van der Waals surface area contributed by atoms with Crippen LogP contribution in [0.2, 0.25) is 5.02 Å². The van der Waals surface area contributed by atoms with Gasteiger partial charge in [0, 0.05) is 44.7 Å². The van der Waals surface area contributed by atoms with E-state index in [-0.39, 0.29) is 17.1 Å². The number of hydrogen-bond acceptors (Lipinski definition) is 10. The van der Waals surface area contributed by atoms with E-state index in [1.54, 1.807) is 6.07 Å². The molecular weight excluding hydrogens is 480 g/mol. The van der Waals surface area contributed by atoms with E-state index >= 15 is 0 Å². The summed E-state index contributed by atoms with van der Waals surface area (Å²) in [6.45, 7) is 10.9. The molecule has 2 aromatic heterocycles. The Morgan fingerprint density at radius 3 is 2.58 bits per heavy atom. The molecule has 0 aliphatic carbocycles. The Morgan fingerprint density at radius 1 is 1.17 bits per heavy atom. The van der Waals surface area contributed by atoms with Crippen LogP contribution < -0.4 is 15.5 Å². The van der Waals surface area contributed by atoms with Crippen molar-refractivity contribution in [2.24, 2.45) is 5.41 Å². The smallest absolute Gasteiger partial charge is 0.247 e. The van der Waals surface area contributed by atoms with E-state index in [0.29, 0.717) is 34.3 Å². The molecule has 186 valence electrons. The summed E-state index contributed by atoms with van der Waals surface area (Å²) in [5.41, 5.74) is 2.78. The molecule has 0 radical (unpaired) electrons. The predicted octanol–water partition coefficient (Wildman–Crippen LogP) is 2.85. The van der Waals surface area contributed by atoms with Crippen LogP contribution >= 0.6 is 11.6 Å². The lowest BCUT2D eigenvalue weighted by Gasteiger charge is -2.44. The number of piperazine rings is 1. The van der Waals surface area contributed by atoms with Gasteiger partial charge in [-0.15, -0.1) is 5.10 Å². The lowest BCUT2D eigenvalue weighted by atomic mass is 9.88. The molecule has 36 heavy (non-hydrogen) atoms. The zero-order valence-electron chi connectivity index (χ0n) is 20.3. The number of ether oxygens (including phenoxy) is 1. The fourth-order valence-corrected chi connectivity index (χ4v) is 4.92. The standard InChI is InChI=1S/C24H27ClN10O/c1-3-28-21-22-29-12-17(11-27)35(22)32-23(31-21)30-18-8-16(10-26)9-19(20(18)25)34-6-4-33(5-7-34)13-24(2)14-36-15-24/h8-9,12H,3-7,13-15H2,1-2H3,(H2,28,30,31,32). The normalized spacial score (nSPS) is 17.3. The third kappa shape index (κ3) is 4.61. The van der Waals surface area contributed by atoms with Crippen molar-refractivity contribution in [2.75, 3.05) is 68.0 Å². The molecule has 2 N–H and O–H groups in total. The van der Waals surface area contributed by atoms with E-state index in [9.17, 15) is 10.5 Å². The van der Waals surface area contributed by atoms with Gasteiger partial charge < -0.3 is 20.3 Å². The van der Waals surface area contributed by atoms with Crippen LogP contribution in [-0.4, -0.2) is 77.0 Å². The molecule has 12 heteroatoms. The summed E-state index contributed by atoms with van der Waals surface area (Å²) in [6, 6.07) is 7.82. The highest BCUT2D eigenvalue weighted by Gasteiger charge is 2.36. The topological polar surface area (TPSA) is 130 Å². The SMILES string of the molecule is CCNc1nc(Nc2cc(C#N)cc(N3CCN(CC4(C)COC4)CC3)c2Cl)nn2c(C#N)cnc12. The third-order valence-corrected chi connectivity index (χ3v) is 6.87. The van der Waals surface area contributed by atoms with Gasteiger partial charge in [-0.1, -0.05) is 18.5 Å². The van der Waals surface area contributed by atoms with Crippen molar-refractivity contribution in [3.05, 3.63) is 34.6 Å². The van der Waals surface area contributed by atoms with Crippen LogP contribution in [0.1, 0.15) is 25.1 Å². The Balaban J connectivity index is 1.41.